The average molecular weight is 324 g/mol. The summed E-state index contributed by atoms with van der Waals surface area (Å²) in [6, 6.07) is 8.25. The summed E-state index contributed by atoms with van der Waals surface area (Å²) in [6.07, 6.45) is 8.85. The molecular weight excluding hydrogens is 300 g/mol. The molecule has 2 aliphatic rings. The van der Waals surface area contributed by atoms with E-state index in [9.17, 15) is 5.11 Å². The van der Waals surface area contributed by atoms with E-state index < -0.39 is 0 Å². The van der Waals surface area contributed by atoms with E-state index in [-0.39, 0.29) is 18.6 Å². The first-order valence-electron chi connectivity index (χ1n) is 8.91. The smallest absolute Gasteiger partial charge is 0.172 e. The highest BCUT2D eigenvalue weighted by molar-refractivity contribution is 5.80. The Morgan fingerprint density at radius 2 is 1.79 bits per heavy atom. The van der Waals surface area contributed by atoms with Gasteiger partial charge in [-0.1, -0.05) is 24.3 Å². The zero-order valence-corrected chi connectivity index (χ0v) is 13.9. The summed E-state index contributed by atoms with van der Waals surface area (Å²) in [6.45, 7) is 2.29. The standard InChI is InChI=1S/C19H24N4O/c24-13-14-8-9-15(12-14)20-18-19(23-10-4-1-5-11-23)22-17-7-3-2-6-16(17)21-18/h2-3,6-9,14-15,24H,1,4-5,10-13H2,(H,20,21)/t14-,15+/m0/s1. The maximum absolute atomic E-state index is 9.33. The van der Waals surface area contributed by atoms with Crippen LogP contribution in [0.4, 0.5) is 11.6 Å². The number of nitrogens with one attached hydrogen (secondary N) is 1. The highest BCUT2D eigenvalue weighted by atomic mass is 16.3. The molecule has 1 aliphatic heterocycles. The molecule has 0 spiro atoms. The van der Waals surface area contributed by atoms with E-state index in [0.717, 1.165) is 42.2 Å². The van der Waals surface area contributed by atoms with Crippen molar-refractivity contribution in [2.24, 2.45) is 5.92 Å². The molecule has 4 rings (SSSR count). The number of aliphatic hydroxyl groups excluding tert-OH is 1. The first-order chi connectivity index (χ1) is 11.8. The van der Waals surface area contributed by atoms with Crippen LogP contribution in [0.5, 0.6) is 0 Å². The number of aliphatic hydroxyl groups is 1. The lowest BCUT2D eigenvalue weighted by Gasteiger charge is -2.30. The van der Waals surface area contributed by atoms with Crippen LogP contribution in [0.25, 0.3) is 11.0 Å². The van der Waals surface area contributed by atoms with E-state index in [0.29, 0.717) is 0 Å². The third-order valence-corrected chi connectivity index (χ3v) is 4.94. The van der Waals surface area contributed by atoms with Crippen molar-refractivity contribution < 1.29 is 5.11 Å². The molecule has 1 aromatic carbocycles. The first-order valence-corrected chi connectivity index (χ1v) is 8.91. The number of para-hydroxylation sites is 2. The van der Waals surface area contributed by atoms with Gasteiger partial charge in [0.1, 0.15) is 0 Å². The van der Waals surface area contributed by atoms with Gasteiger partial charge in [-0.15, -0.1) is 0 Å². The average Bonchev–Trinajstić information content (AvgIpc) is 3.09. The number of benzene rings is 1. The van der Waals surface area contributed by atoms with Crippen molar-refractivity contribution in [3.63, 3.8) is 0 Å². The molecule has 0 unspecified atom stereocenters. The number of aromatic nitrogens is 2. The molecule has 2 heterocycles. The van der Waals surface area contributed by atoms with Crippen LogP contribution in [0.2, 0.25) is 0 Å². The SMILES string of the molecule is OC[C@H]1C=C[C@@H](Nc2nc3ccccc3nc2N2CCCCC2)C1. The normalized spacial score (nSPS) is 23.8. The van der Waals surface area contributed by atoms with Crippen LogP contribution in [-0.2, 0) is 0 Å². The molecule has 126 valence electrons. The fraction of sp³-hybridized carbons (Fsp3) is 0.474. The van der Waals surface area contributed by atoms with Crippen molar-refractivity contribution in [3.8, 4) is 0 Å². The molecule has 1 fully saturated rings. The molecule has 2 N–H and O–H groups in total. The van der Waals surface area contributed by atoms with Gasteiger partial charge in [-0.3, -0.25) is 0 Å². The number of anilines is 2. The number of nitrogens with zero attached hydrogens (tertiary/aromatic N) is 3. The summed E-state index contributed by atoms with van der Waals surface area (Å²) in [5, 5.41) is 12.9. The van der Waals surface area contributed by atoms with E-state index in [2.05, 4.69) is 22.4 Å². The van der Waals surface area contributed by atoms with Crippen molar-refractivity contribution in [2.75, 3.05) is 29.9 Å². The molecule has 24 heavy (non-hydrogen) atoms. The van der Waals surface area contributed by atoms with Gasteiger partial charge in [0.15, 0.2) is 11.6 Å². The molecule has 1 saturated heterocycles. The van der Waals surface area contributed by atoms with Gasteiger partial charge in [-0.25, -0.2) is 9.97 Å². The topological polar surface area (TPSA) is 61.3 Å². The summed E-state index contributed by atoms with van der Waals surface area (Å²) >= 11 is 0. The Balaban J connectivity index is 1.67. The summed E-state index contributed by atoms with van der Waals surface area (Å²) < 4.78 is 0. The number of fused-ring (bicyclic) bond motifs is 1. The van der Waals surface area contributed by atoms with Crippen LogP contribution in [0.3, 0.4) is 0 Å². The zero-order chi connectivity index (χ0) is 16.4. The van der Waals surface area contributed by atoms with Crippen LogP contribution in [0.15, 0.2) is 36.4 Å². The van der Waals surface area contributed by atoms with Crippen LogP contribution >= 0.6 is 0 Å². The van der Waals surface area contributed by atoms with E-state index in [1.54, 1.807) is 0 Å². The highest BCUT2D eigenvalue weighted by Crippen LogP contribution is 2.30. The summed E-state index contributed by atoms with van der Waals surface area (Å²) in [7, 11) is 0. The Hall–Kier alpha value is -2.14. The van der Waals surface area contributed by atoms with Gasteiger partial charge >= 0.3 is 0 Å². The molecule has 0 bridgehead atoms. The van der Waals surface area contributed by atoms with Gasteiger partial charge in [0.05, 0.1) is 11.0 Å². The van der Waals surface area contributed by atoms with Gasteiger partial charge in [0, 0.05) is 31.7 Å². The summed E-state index contributed by atoms with van der Waals surface area (Å²) in [4.78, 5) is 12.1. The Morgan fingerprint density at radius 3 is 2.50 bits per heavy atom. The van der Waals surface area contributed by atoms with Crippen LogP contribution in [0, 0.1) is 5.92 Å². The van der Waals surface area contributed by atoms with Gasteiger partial charge in [-0.2, -0.15) is 0 Å². The molecule has 0 amide bonds. The minimum atomic E-state index is 0.205. The second kappa shape index (κ2) is 6.77. The first kappa shape index (κ1) is 15.4. The second-order valence-corrected chi connectivity index (χ2v) is 6.75. The predicted octanol–water partition coefficient (Wildman–Crippen LogP) is 2.97. The van der Waals surface area contributed by atoms with Crippen molar-refractivity contribution in [2.45, 2.75) is 31.7 Å². The van der Waals surface area contributed by atoms with E-state index in [1.165, 1.54) is 19.3 Å². The Kier molecular flexibility index (Phi) is 4.34. The minimum Gasteiger partial charge on any atom is -0.396 e. The van der Waals surface area contributed by atoms with Gasteiger partial charge in [0.2, 0.25) is 0 Å². The van der Waals surface area contributed by atoms with Crippen molar-refractivity contribution in [1.29, 1.82) is 0 Å². The van der Waals surface area contributed by atoms with Gasteiger partial charge < -0.3 is 15.3 Å². The monoisotopic (exact) mass is 324 g/mol. The summed E-state index contributed by atoms with van der Waals surface area (Å²) in [5.41, 5.74) is 1.86. The Labute approximate surface area is 142 Å². The number of piperidine rings is 1. The fourth-order valence-corrected chi connectivity index (χ4v) is 3.61. The van der Waals surface area contributed by atoms with E-state index in [4.69, 9.17) is 9.97 Å². The highest BCUT2D eigenvalue weighted by Gasteiger charge is 2.23. The Bertz CT molecular complexity index is 739. The lowest BCUT2D eigenvalue weighted by Crippen LogP contribution is -2.32. The van der Waals surface area contributed by atoms with Gasteiger partial charge in [0.25, 0.3) is 0 Å². The Morgan fingerprint density at radius 1 is 1.04 bits per heavy atom. The quantitative estimate of drug-likeness (QED) is 0.847. The molecular formula is C19H24N4O. The number of hydrogen-bond acceptors (Lipinski definition) is 5. The van der Waals surface area contributed by atoms with Crippen LogP contribution in [0.1, 0.15) is 25.7 Å². The molecule has 2 atom stereocenters. The van der Waals surface area contributed by atoms with Gasteiger partial charge in [-0.05, 0) is 37.8 Å². The van der Waals surface area contributed by atoms with Crippen LogP contribution in [-0.4, -0.2) is 40.8 Å². The lowest BCUT2D eigenvalue weighted by molar-refractivity contribution is 0.250. The molecule has 5 nitrogen and oxygen atoms in total. The third-order valence-electron chi connectivity index (χ3n) is 4.94. The van der Waals surface area contributed by atoms with Crippen molar-refractivity contribution >= 4 is 22.7 Å². The molecule has 1 aromatic heterocycles. The van der Waals surface area contributed by atoms with Crippen LogP contribution < -0.4 is 10.2 Å². The molecule has 0 radical (unpaired) electrons. The predicted molar refractivity (Wildman–Crippen MR) is 97.3 cm³/mol. The zero-order valence-electron chi connectivity index (χ0n) is 13.9. The maximum atomic E-state index is 9.33. The maximum Gasteiger partial charge on any atom is 0.172 e. The summed E-state index contributed by atoms with van der Waals surface area (Å²) in [5.74, 6) is 2.08. The number of hydrogen-bond donors (Lipinski definition) is 2. The molecule has 1 aliphatic carbocycles. The fourth-order valence-electron chi connectivity index (χ4n) is 3.61. The largest absolute Gasteiger partial charge is 0.396 e. The molecule has 2 aromatic rings. The van der Waals surface area contributed by atoms with E-state index in [1.807, 2.05) is 24.3 Å². The lowest BCUT2D eigenvalue weighted by atomic mass is 10.1. The molecule has 0 saturated carbocycles. The second-order valence-electron chi connectivity index (χ2n) is 6.75. The van der Waals surface area contributed by atoms with Crippen molar-refractivity contribution in [3.05, 3.63) is 36.4 Å². The number of rotatable bonds is 4. The van der Waals surface area contributed by atoms with Crippen molar-refractivity contribution in [1.82, 2.24) is 9.97 Å². The van der Waals surface area contributed by atoms with E-state index >= 15 is 0 Å². The third kappa shape index (κ3) is 3.08. The minimum absolute atomic E-state index is 0.205. The molecule has 5 heteroatoms.